The minimum Gasteiger partial charge on any atom is -0.345 e. The van der Waals surface area contributed by atoms with Gasteiger partial charge in [0.25, 0.3) is 0 Å². The fraction of sp³-hybridized carbons (Fsp3) is 0.844. The van der Waals surface area contributed by atoms with E-state index in [-0.39, 0.29) is 70.3 Å². The van der Waals surface area contributed by atoms with Crippen LogP contribution in [0.5, 0.6) is 0 Å². The summed E-state index contributed by atoms with van der Waals surface area (Å²) < 4.78 is 27.7. The maximum Gasteiger partial charge on any atom is 0.240 e. The maximum atomic E-state index is 15.3. The fourth-order valence-corrected chi connectivity index (χ4v) is 13.8. The highest BCUT2D eigenvalue weighted by Crippen LogP contribution is 2.88. The highest BCUT2D eigenvalue weighted by atomic mass is 32.2. The van der Waals surface area contributed by atoms with Crippen LogP contribution in [-0.4, -0.2) is 90.0 Å². The zero-order valence-electron chi connectivity index (χ0n) is 35.8. The lowest BCUT2D eigenvalue weighted by molar-refractivity contribution is -0.147. The summed E-state index contributed by atoms with van der Waals surface area (Å²) in [6, 6.07) is -1.71. The number of carbonyl (C=O) groups excluding carboxylic acids is 5. The minimum atomic E-state index is -3.92. The summed E-state index contributed by atoms with van der Waals surface area (Å²) in [6.07, 6.45) is 13.0. The molecule has 7 fully saturated rings. The van der Waals surface area contributed by atoms with Crippen molar-refractivity contribution in [2.24, 2.45) is 44.8 Å². The van der Waals surface area contributed by atoms with Crippen LogP contribution >= 0.6 is 0 Å². The van der Waals surface area contributed by atoms with Crippen LogP contribution in [0.1, 0.15) is 151 Å². The molecule has 2 saturated heterocycles. The number of allylic oxidation sites excluding steroid dienone is 1. The third-order valence-electron chi connectivity index (χ3n) is 17.2. The van der Waals surface area contributed by atoms with Crippen LogP contribution in [0.25, 0.3) is 0 Å². The first-order valence-corrected chi connectivity index (χ1v) is 23.7. The molecule has 318 valence electrons. The number of carbonyl (C=O) groups is 5. The molecule has 5 aliphatic carbocycles. The van der Waals surface area contributed by atoms with E-state index in [0.717, 1.165) is 77.3 Å². The Hall–Kier alpha value is -2.60. The molecular weight excluding hydrogens is 741 g/mol. The maximum absolute atomic E-state index is 15.3. The highest BCUT2D eigenvalue weighted by molar-refractivity contribution is 7.91. The van der Waals surface area contributed by atoms with Crippen LogP contribution in [0.15, 0.2) is 12.7 Å². The molecule has 0 unspecified atom stereocenters. The largest absolute Gasteiger partial charge is 0.345 e. The number of nitrogens with zero attached hydrogens (tertiary/aromatic N) is 2. The van der Waals surface area contributed by atoms with Crippen LogP contribution in [0, 0.1) is 44.8 Å². The number of hydrogen-bond donors (Lipinski definition) is 2. The molecular formula is C45H70N4O7S. The van der Waals surface area contributed by atoms with Gasteiger partial charge < -0.3 is 10.2 Å². The van der Waals surface area contributed by atoms with Crippen molar-refractivity contribution in [2.75, 3.05) is 19.6 Å². The summed E-state index contributed by atoms with van der Waals surface area (Å²) >= 11 is 0. The van der Waals surface area contributed by atoms with Gasteiger partial charge >= 0.3 is 0 Å². The van der Waals surface area contributed by atoms with E-state index < -0.39 is 49.5 Å². The van der Waals surface area contributed by atoms with E-state index in [1.165, 1.54) is 0 Å². The number of likely N-dealkylation sites (N-methyl/N-ethyl adjacent to an activating group) is 1. The monoisotopic (exact) mass is 810 g/mol. The van der Waals surface area contributed by atoms with E-state index in [1.807, 2.05) is 20.8 Å². The molecule has 7 aliphatic rings. The predicted octanol–water partition coefficient (Wildman–Crippen LogP) is 6.10. The number of sulfonamides is 1. The van der Waals surface area contributed by atoms with Gasteiger partial charge in [0.2, 0.25) is 27.7 Å². The first-order chi connectivity index (χ1) is 26.6. The van der Waals surface area contributed by atoms with Crippen molar-refractivity contribution >= 4 is 39.3 Å². The summed E-state index contributed by atoms with van der Waals surface area (Å²) in [7, 11) is -3.92. The Labute approximate surface area is 341 Å². The van der Waals surface area contributed by atoms with Crippen molar-refractivity contribution in [2.45, 2.75) is 174 Å². The third-order valence-corrected chi connectivity index (χ3v) is 19.4. The number of rotatable bonds is 15. The second-order valence-electron chi connectivity index (χ2n) is 21.3. The molecule has 0 aromatic carbocycles. The zero-order valence-corrected chi connectivity index (χ0v) is 36.7. The van der Waals surface area contributed by atoms with Gasteiger partial charge in [-0.15, -0.1) is 6.58 Å². The molecule has 3 amide bonds. The topological polar surface area (TPSA) is 150 Å². The van der Waals surface area contributed by atoms with E-state index in [0.29, 0.717) is 32.2 Å². The number of Topliss-reactive ketones (excluding diaryl/α,β-unsaturated/α-hetero) is 2. The average molecular weight is 811 g/mol. The Balaban J connectivity index is 1.16. The van der Waals surface area contributed by atoms with Gasteiger partial charge in [-0.3, -0.25) is 33.6 Å². The van der Waals surface area contributed by atoms with Crippen LogP contribution in [0.2, 0.25) is 0 Å². The molecule has 2 heterocycles. The summed E-state index contributed by atoms with van der Waals surface area (Å²) in [5, 5.41) is 3.23. The molecule has 0 aromatic heterocycles. The Morgan fingerprint density at radius 1 is 0.877 bits per heavy atom. The molecule has 5 saturated carbocycles. The molecule has 11 nitrogen and oxygen atoms in total. The second-order valence-corrected chi connectivity index (χ2v) is 23.5. The quantitative estimate of drug-likeness (QED) is 0.189. The SMILES string of the molecule is C=C[C@@H]1C[C@]1(CC(=O)[C@@H]1C[C@@]2(CN1C(=O)[C@@H](CC(=O)[C@@H](NC(=O)[C@@H]1CCCN1CC)C1CCCCC1)C(C)(C)C)C(C)(C)C21CCC1)C(=O)NS(=O)(=O)C1(C)CC1. The van der Waals surface area contributed by atoms with Crippen LogP contribution < -0.4 is 10.0 Å². The third kappa shape index (κ3) is 6.86. The molecule has 0 bridgehead atoms. The van der Waals surface area contributed by atoms with Gasteiger partial charge in [0.05, 0.1) is 28.3 Å². The first kappa shape index (κ1) is 42.5. The predicted molar refractivity (Wildman–Crippen MR) is 219 cm³/mol. The molecule has 7 atom stereocenters. The van der Waals surface area contributed by atoms with Gasteiger partial charge in [0, 0.05) is 30.7 Å². The fourth-order valence-electron chi connectivity index (χ4n) is 12.5. The standard InChI is InChI=1S/C45H70N4O7S/c1-9-30-25-43(30,39(54)47-57(55,56)42(8)21-22-42)27-35(51)33-26-45(41(6,7)44(45)19-15-20-44)28-49(33)38(53)31(40(3,4)5)24-34(50)36(29-16-12-11-13-17-29)46-37(52)32-18-14-23-48(32)10-2/h9,29-33,36H,1,10-28H2,2-8H3,(H,46,52)(H,47,54)/t30-,31-,32+,33+,36+,43-,45-/m1/s1. The van der Waals surface area contributed by atoms with Gasteiger partial charge in [0.15, 0.2) is 11.6 Å². The van der Waals surface area contributed by atoms with Crippen molar-refractivity contribution < 1.29 is 32.4 Å². The lowest BCUT2D eigenvalue weighted by atomic mass is 9.73. The lowest BCUT2D eigenvalue weighted by Gasteiger charge is -2.37. The summed E-state index contributed by atoms with van der Waals surface area (Å²) in [5.41, 5.74) is -2.17. The Bertz CT molecular complexity index is 1790. The van der Waals surface area contributed by atoms with Crippen molar-refractivity contribution in [1.82, 2.24) is 19.8 Å². The number of fused-ring (bicyclic) bond motifs is 1. The molecule has 0 radical (unpaired) electrons. The van der Waals surface area contributed by atoms with Crippen molar-refractivity contribution in [3.63, 3.8) is 0 Å². The number of hydrogen-bond acceptors (Lipinski definition) is 8. The van der Waals surface area contributed by atoms with E-state index in [2.05, 4.69) is 42.3 Å². The second kappa shape index (κ2) is 14.5. The molecule has 7 rings (SSSR count). The van der Waals surface area contributed by atoms with Gasteiger partial charge in [-0.2, -0.15) is 0 Å². The molecule has 2 N–H and O–H groups in total. The van der Waals surface area contributed by atoms with Gasteiger partial charge in [-0.25, -0.2) is 8.42 Å². The van der Waals surface area contributed by atoms with Crippen LogP contribution in [-0.2, 0) is 34.0 Å². The highest BCUT2D eigenvalue weighted by Gasteiger charge is 2.85. The van der Waals surface area contributed by atoms with Crippen LogP contribution in [0.3, 0.4) is 0 Å². The van der Waals surface area contributed by atoms with Crippen LogP contribution in [0.4, 0.5) is 0 Å². The van der Waals surface area contributed by atoms with Crippen molar-refractivity contribution in [3.05, 3.63) is 12.7 Å². The first-order valence-electron chi connectivity index (χ1n) is 22.2. The Morgan fingerprint density at radius 3 is 2.07 bits per heavy atom. The molecule has 57 heavy (non-hydrogen) atoms. The molecule has 2 aliphatic heterocycles. The average Bonchev–Trinajstić information content (AvgIpc) is 4.01. The molecule has 0 aromatic rings. The van der Waals surface area contributed by atoms with E-state index in [9.17, 15) is 27.6 Å². The summed E-state index contributed by atoms with van der Waals surface area (Å²) in [5.74, 6) is -2.38. The van der Waals surface area contributed by atoms with Gasteiger partial charge in [-0.1, -0.05) is 73.3 Å². The Kier molecular flexibility index (Phi) is 10.9. The lowest BCUT2D eigenvalue weighted by Crippen LogP contribution is -2.54. The number of nitrogens with one attached hydrogen (secondary N) is 2. The summed E-state index contributed by atoms with van der Waals surface area (Å²) in [6.45, 7) is 20.1. The summed E-state index contributed by atoms with van der Waals surface area (Å²) in [4.78, 5) is 76.4. The van der Waals surface area contributed by atoms with Crippen molar-refractivity contribution in [3.8, 4) is 0 Å². The molecule has 2 spiro atoms. The normalized spacial score (nSPS) is 33.6. The van der Waals surface area contributed by atoms with Crippen molar-refractivity contribution in [1.29, 1.82) is 0 Å². The number of ketones is 2. The Morgan fingerprint density at radius 2 is 1.54 bits per heavy atom. The van der Waals surface area contributed by atoms with E-state index in [1.54, 1.807) is 17.9 Å². The van der Waals surface area contributed by atoms with Gasteiger partial charge in [0.1, 0.15) is 0 Å². The zero-order chi connectivity index (χ0) is 41.6. The van der Waals surface area contributed by atoms with E-state index >= 15 is 4.79 Å². The number of amides is 3. The van der Waals surface area contributed by atoms with E-state index in [4.69, 9.17) is 0 Å². The number of likely N-dealkylation sites (tertiary alicyclic amines) is 2. The smallest absolute Gasteiger partial charge is 0.240 e. The van der Waals surface area contributed by atoms with Gasteiger partial charge in [-0.05, 0) is 112 Å². The molecule has 12 heteroatoms. The minimum absolute atomic E-state index is 0.0162.